The van der Waals surface area contributed by atoms with E-state index >= 15 is 0 Å². The van der Waals surface area contributed by atoms with Crippen molar-refractivity contribution in [1.29, 1.82) is 0 Å². The summed E-state index contributed by atoms with van der Waals surface area (Å²) in [5.74, 6) is 0. The maximum atomic E-state index is 10.5. The molecule has 1 fully saturated rings. The zero-order valence-electron chi connectivity index (χ0n) is 6.36. The predicted octanol–water partition coefficient (Wildman–Crippen LogP) is -0.347. The third-order valence-electron chi connectivity index (χ3n) is 1.91. The molecule has 1 heterocycles. The molecule has 1 aromatic carbocycles. The summed E-state index contributed by atoms with van der Waals surface area (Å²) in [5, 5.41) is 3.15. The van der Waals surface area contributed by atoms with E-state index in [1.165, 1.54) is 0 Å². The molecule has 0 aliphatic carbocycles. The van der Waals surface area contributed by atoms with E-state index < -0.39 is 10.7 Å². The number of thiol groups is 1. The Morgan fingerprint density at radius 1 is 1.23 bits per heavy atom. The molecule has 1 unspecified atom stereocenters. The first-order valence-corrected chi connectivity index (χ1v) is 4.93. The summed E-state index contributed by atoms with van der Waals surface area (Å²) in [6.07, 6.45) is 0. The van der Waals surface area contributed by atoms with Crippen LogP contribution in [-0.2, 0) is 10.7 Å². The van der Waals surface area contributed by atoms with Crippen molar-refractivity contribution in [1.82, 2.24) is 5.32 Å². The quantitative estimate of drug-likeness (QED) is 0.382. The predicted molar refractivity (Wildman–Crippen MR) is 52.9 cm³/mol. The molecule has 0 aromatic heterocycles. The van der Waals surface area contributed by atoms with Gasteiger partial charge < -0.3 is 5.32 Å². The van der Waals surface area contributed by atoms with E-state index in [1.807, 2.05) is 12.1 Å². The van der Waals surface area contributed by atoms with Gasteiger partial charge in [0.15, 0.2) is 10.7 Å². The normalized spacial score (nSPS) is 19.6. The van der Waals surface area contributed by atoms with Crippen LogP contribution in [0.15, 0.2) is 29.2 Å². The number of nitrogens with one attached hydrogen (secondary N) is 1. The van der Waals surface area contributed by atoms with Gasteiger partial charge in [-0.2, -0.15) is 0 Å². The van der Waals surface area contributed by atoms with Gasteiger partial charge in [0.2, 0.25) is 0 Å². The molecule has 0 amide bonds. The summed E-state index contributed by atoms with van der Waals surface area (Å²) in [4.78, 5) is 0.384. The molecule has 1 atom stereocenters. The third-order valence-corrected chi connectivity index (χ3v) is 2.63. The van der Waals surface area contributed by atoms with Crippen molar-refractivity contribution >= 4 is 29.6 Å². The Bertz CT molecular complexity index is 349. The molecule has 0 radical (unpaired) electrons. The van der Waals surface area contributed by atoms with Crippen LogP contribution in [0.5, 0.6) is 0 Å². The zero-order valence-corrected chi connectivity index (χ0v) is 7.25. The van der Waals surface area contributed by atoms with Crippen molar-refractivity contribution in [3.8, 4) is 0 Å². The van der Waals surface area contributed by atoms with Gasteiger partial charge in [-0.15, -0.1) is 0 Å². The molecule has 1 N–H and O–H groups in total. The van der Waals surface area contributed by atoms with E-state index in [4.69, 9.17) is 0 Å². The Morgan fingerprint density at radius 2 is 1.77 bits per heavy atom. The van der Waals surface area contributed by atoms with Gasteiger partial charge >= 0.3 is 18.9 Å². The summed E-state index contributed by atoms with van der Waals surface area (Å²) in [6.45, 7) is 1.00. The van der Waals surface area contributed by atoms with Crippen LogP contribution in [0.25, 0.3) is 0 Å². The fraction of sp³-hybridized carbons (Fsp3) is 0.250. The molecular formula is C8H10LiNO2S. The van der Waals surface area contributed by atoms with E-state index in [-0.39, 0.29) is 18.9 Å². The van der Waals surface area contributed by atoms with Gasteiger partial charge in [0.25, 0.3) is 0 Å². The van der Waals surface area contributed by atoms with Crippen molar-refractivity contribution in [3.05, 3.63) is 29.8 Å². The van der Waals surface area contributed by atoms with Crippen LogP contribution < -0.4 is 5.32 Å². The average Bonchev–Trinajstić information content (AvgIpc) is 2.87. The molecule has 66 valence electrons. The molecule has 0 bridgehead atoms. The molecule has 1 aliphatic rings. The van der Waals surface area contributed by atoms with Gasteiger partial charge in [0.05, 0.1) is 4.90 Å². The van der Waals surface area contributed by atoms with E-state index in [0.29, 0.717) is 10.9 Å². The van der Waals surface area contributed by atoms with E-state index in [0.717, 1.165) is 12.1 Å². The second-order valence-electron chi connectivity index (χ2n) is 2.81. The standard InChI is InChI=1S/C8H9NO2S.Li.H/c10-12(11)7-3-1-6(2-4-7)8-5-9-8;;/h1-4,8-9,12H,5H2;;. The fourth-order valence-corrected chi connectivity index (χ4v) is 1.52. The van der Waals surface area contributed by atoms with E-state index in [2.05, 4.69) is 5.32 Å². The molecule has 1 saturated heterocycles. The number of benzene rings is 1. The number of hydrogen-bond acceptors (Lipinski definition) is 3. The summed E-state index contributed by atoms with van der Waals surface area (Å²) < 4.78 is 21.0. The van der Waals surface area contributed by atoms with Crippen molar-refractivity contribution in [2.75, 3.05) is 6.54 Å². The van der Waals surface area contributed by atoms with Crippen LogP contribution >= 0.6 is 0 Å². The molecule has 1 aromatic rings. The van der Waals surface area contributed by atoms with Gasteiger partial charge in [-0.3, -0.25) is 0 Å². The van der Waals surface area contributed by atoms with E-state index in [1.54, 1.807) is 12.1 Å². The first kappa shape index (κ1) is 10.8. The average molecular weight is 191 g/mol. The topological polar surface area (TPSA) is 56.1 Å². The Morgan fingerprint density at radius 3 is 2.15 bits per heavy atom. The van der Waals surface area contributed by atoms with Crippen molar-refractivity contribution < 1.29 is 8.42 Å². The second-order valence-corrected chi connectivity index (χ2v) is 3.84. The van der Waals surface area contributed by atoms with Gasteiger partial charge in [0, 0.05) is 12.6 Å². The zero-order chi connectivity index (χ0) is 8.55. The molecule has 1 aliphatic heterocycles. The minimum atomic E-state index is -2.43. The summed E-state index contributed by atoms with van der Waals surface area (Å²) >= 11 is 0. The second kappa shape index (κ2) is 4.29. The molecular weight excluding hydrogens is 181 g/mol. The van der Waals surface area contributed by atoms with Crippen molar-refractivity contribution in [2.24, 2.45) is 0 Å². The Hall–Kier alpha value is -0.273. The van der Waals surface area contributed by atoms with Gasteiger partial charge in [-0.25, -0.2) is 8.42 Å². The first-order valence-electron chi connectivity index (χ1n) is 3.75. The fourth-order valence-electron chi connectivity index (χ4n) is 1.12. The third kappa shape index (κ3) is 2.58. The van der Waals surface area contributed by atoms with Crippen LogP contribution in [0.3, 0.4) is 0 Å². The molecule has 2 rings (SSSR count). The Balaban J connectivity index is 0.000000845. The molecule has 0 saturated carbocycles. The maximum absolute atomic E-state index is 10.5. The minimum absolute atomic E-state index is 0. The van der Waals surface area contributed by atoms with Crippen LogP contribution in [0.1, 0.15) is 11.6 Å². The van der Waals surface area contributed by atoms with Gasteiger partial charge in [-0.05, 0) is 17.7 Å². The summed E-state index contributed by atoms with van der Waals surface area (Å²) in [5.41, 5.74) is 1.16. The molecule has 0 spiro atoms. The van der Waals surface area contributed by atoms with Gasteiger partial charge in [-0.1, -0.05) is 12.1 Å². The SMILES string of the molecule is O=[SH](=O)c1ccc(C2CN2)cc1.[LiH]. The van der Waals surface area contributed by atoms with Crippen LogP contribution in [0.2, 0.25) is 0 Å². The Labute approximate surface area is 90.7 Å². The van der Waals surface area contributed by atoms with Crippen molar-refractivity contribution in [3.63, 3.8) is 0 Å². The first-order chi connectivity index (χ1) is 5.77. The Kier molecular flexibility index (Phi) is 3.57. The van der Waals surface area contributed by atoms with Crippen molar-refractivity contribution in [2.45, 2.75) is 10.9 Å². The van der Waals surface area contributed by atoms with Crippen LogP contribution in [-0.4, -0.2) is 33.8 Å². The number of hydrogen-bond donors (Lipinski definition) is 2. The summed E-state index contributed by atoms with van der Waals surface area (Å²) in [7, 11) is -2.43. The molecule has 13 heavy (non-hydrogen) atoms. The van der Waals surface area contributed by atoms with Crippen LogP contribution in [0.4, 0.5) is 0 Å². The van der Waals surface area contributed by atoms with E-state index in [9.17, 15) is 8.42 Å². The van der Waals surface area contributed by atoms with Gasteiger partial charge in [0.1, 0.15) is 0 Å². The molecule has 5 heteroatoms. The molecule has 3 nitrogen and oxygen atoms in total. The number of rotatable bonds is 2. The van der Waals surface area contributed by atoms with Crippen LogP contribution in [0, 0.1) is 0 Å². The summed E-state index contributed by atoms with van der Waals surface area (Å²) in [6, 6.07) is 7.43. The monoisotopic (exact) mass is 191 g/mol.